The van der Waals surface area contributed by atoms with Crippen LogP contribution in [0.1, 0.15) is 12.6 Å². The van der Waals surface area contributed by atoms with E-state index in [2.05, 4.69) is 42.9 Å². The van der Waals surface area contributed by atoms with E-state index in [-0.39, 0.29) is 12.1 Å². The van der Waals surface area contributed by atoms with Gasteiger partial charge in [-0.15, -0.1) is 0 Å². The Hall–Kier alpha value is -3.07. The molecule has 3 aromatic rings. The Bertz CT molecular complexity index is 1070. The van der Waals surface area contributed by atoms with E-state index >= 15 is 0 Å². The van der Waals surface area contributed by atoms with Gasteiger partial charge in [-0.05, 0) is 31.2 Å². The lowest BCUT2D eigenvalue weighted by Gasteiger charge is -2.13. The lowest BCUT2D eigenvalue weighted by atomic mass is 10.1. The molecule has 0 bridgehead atoms. The van der Waals surface area contributed by atoms with Crippen LogP contribution in [-0.4, -0.2) is 32.3 Å². The fourth-order valence-corrected chi connectivity index (χ4v) is 2.86. The maximum Gasteiger partial charge on any atom is 0.275 e. The number of hydrogen-bond acceptors (Lipinski definition) is 6. The molecule has 2 aromatic heterocycles. The van der Waals surface area contributed by atoms with Crippen molar-refractivity contribution >= 4 is 44.2 Å². The van der Waals surface area contributed by atoms with Crippen molar-refractivity contribution in [3.63, 3.8) is 0 Å². The second-order valence-electron chi connectivity index (χ2n) is 5.50. The van der Waals surface area contributed by atoms with Gasteiger partial charge in [-0.3, -0.25) is 9.59 Å². The highest BCUT2D eigenvalue weighted by Gasteiger charge is 2.16. The summed E-state index contributed by atoms with van der Waals surface area (Å²) >= 11 is 3.39. The SMILES string of the molecule is C=C(OCC)c1nn(CC(=O)Nc2ccncn2)c(=O)c2ccc(Br)cc12. The maximum absolute atomic E-state index is 12.8. The Morgan fingerprint density at radius 3 is 2.85 bits per heavy atom. The van der Waals surface area contributed by atoms with Crippen molar-refractivity contribution < 1.29 is 9.53 Å². The summed E-state index contributed by atoms with van der Waals surface area (Å²) in [6.07, 6.45) is 2.82. The molecule has 27 heavy (non-hydrogen) atoms. The summed E-state index contributed by atoms with van der Waals surface area (Å²) in [5.74, 6) is 0.227. The number of hydrogen-bond donors (Lipinski definition) is 1. The van der Waals surface area contributed by atoms with Crippen molar-refractivity contribution in [2.75, 3.05) is 11.9 Å². The molecule has 0 atom stereocenters. The minimum Gasteiger partial charge on any atom is -0.492 e. The molecule has 1 aromatic carbocycles. The predicted octanol–water partition coefficient (Wildman–Crippen LogP) is 2.59. The third-order valence-electron chi connectivity index (χ3n) is 3.65. The Labute approximate surface area is 163 Å². The molecule has 0 aliphatic carbocycles. The summed E-state index contributed by atoms with van der Waals surface area (Å²) in [6, 6.07) is 6.75. The van der Waals surface area contributed by atoms with E-state index in [1.807, 2.05) is 6.92 Å². The van der Waals surface area contributed by atoms with E-state index in [0.717, 1.165) is 9.15 Å². The largest absolute Gasteiger partial charge is 0.492 e. The van der Waals surface area contributed by atoms with Crippen LogP contribution in [0.25, 0.3) is 16.5 Å². The zero-order valence-corrected chi connectivity index (χ0v) is 16.1. The van der Waals surface area contributed by atoms with Crippen molar-refractivity contribution in [2.24, 2.45) is 0 Å². The average molecular weight is 430 g/mol. The molecule has 0 spiro atoms. The minimum atomic E-state index is -0.437. The van der Waals surface area contributed by atoms with E-state index in [0.29, 0.717) is 34.7 Å². The fraction of sp³-hybridized carbons (Fsp3) is 0.167. The lowest BCUT2D eigenvalue weighted by molar-refractivity contribution is -0.117. The molecule has 1 amide bonds. The van der Waals surface area contributed by atoms with Crippen LogP contribution < -0.4 is 10.9 Å². The van der Waals surface area contributed by atoms with Gasteiger partial charge in [-0.2, -0.15) is 5.10 Å². The lowest BCUT2D eigenvalue weighted by Crippen LogP contribution is -2.31. The number of amides is 1. The summed E-state index contributed by atoms with van der Waals surface area (Å²) in [7, 11) is 0. The van der Waals surface area contributed by atoms with Crippen LogP contribution in [0.3, 0.4) is 0 Å². The Balaban J connectivity index is 2.01. The third-order valence-corrected chi connectivity index (χ3v) is 4.14. The fourth-order valence-electron chi connectivity index (χ4n) is 2.50. The highest BCUT2D eigenvalue weighted by atomic mass is 79.9. The van der Waals surface area contributed by atoms with Gasteiger partial charge in [0.2, 0.25) is 5.91 Å². The monoisotopic (exact) mass is 429 g/mol. The molecular weight excluding hydrogens is 414 g/mol. The van der Waals surface area contributed by atoms with E-state index < -0.39 is 5.91 Å². The number of ether oxygens (including phenoxy) is 1. The van der Waals surface area contributed by atoms with Gasteiger partial charge in [0.1, 0.15) is 30.1 Å². The van der Waals surface area contributed by atoms with E-state index in [9.17, 15) is 9.59 Å². The van der Waals surface area contributed by atoms with Crippen LogP contribution >= 0.6 is 15.9 Å². The van der Waals surface area contributed by atoms with Crippen LogP contribution in [0.5, 0.6) is 0 Å². The zero-order chi connectivity index (χ0) is 19.4. The van der Waals surface area contributed by atoms with Gasteiger partial charge in [0.25, 0.3) is 5.56 Å². The summed E-state index contributed by atoms with van der Waals surface area (Å²) in [5, 5.41) is 7.92. The number of halogens is 1. The summed E-state index contributed by atoms with van der Waals surface area (Å²) in [5.41, 5.74) is 0.0194. The van der Waals surface area contributed by atoms with Gasteiger partial charge in [0, 0.05) is 16.1 Å². The first-order valence-corrected chi connectivity index (χ1v) is 8.87. The summed E-state index contributed by atoms with van der Waals surface area (Å²) in [4.78, 5) is 32.8. The van der Waals surface area contributed by atoms with Crippen molar-refractivity contribution in [1.82, 2.24) is 19.7 Å². The number of fused-ring (bicyclic) bond motifs is 1. The Kier molecular flexibility index (Phi) is 5.60. The van der Waals surface area contributed by atoms with Crippen molar-refractivity contribution in [3.8, 4) is 0 Å². The van der Waals surface area contributed by atoms with Crippen molar-refractivity contribution in [1.29, 1.82) is 0 Å². The second-order valence-corrected chi connectivity index (χ2v) is 6.42. The second kappa shape index (κ2) is 8.09. The van der Waals surface area contributed by atoms with Gasteiger partial charge < -0.3 is 10.1 Å². The van der Waals surface area contributed by atoms with E-state index in [4.69, 9.17) is 4.74 Å². The first kappa shape index (κ1) is 18.7. The standard InChI is InChI=1S/C18H16BrN5O3/c1-3-27-11(2)17-14-8-12(19)4-5-13(14)18(26)24(23-17)9-16(25)22-15-6-7-20-10-21-15/h4-8,10H,2-3,9H2,1H3,(H,20,21,22,25). The number of nitrogens with one attached hydrogen (secondary N) is 1. The molecule has 3 rings (SSSR count). The van der Waals surface area contributed by atoms with Crippen LogP contribution in [0.2, 0.25) is 0 Å². The molecule has 0 fully saturated rings. The first-order valence-electron chi connectivity index (χ1n) is 8.08. The van der Waals surface area contributed by atoms with Crippen LogP contribution in [-0.2, 0) is 16.1 Å². The molecule has 138 valence electrons. The molecule has 0 saturated heterocycles. The van der Waals surface area contributed by atoms with E-state index in [1.165, 1.54) is 12.5 Å². The maximum atomic E-state index is 12.8. The quantitative estimate of drug-likeness (QED) is 0.604. The van der Waals surface area contributed by atoms with Gasteiger partial charge in [0.05, 0.1) is 12.0 Å². The zero-order valence-electron chi connectivity index (χ0n) is 14.5. The third kappa shape index (κ3) is 4.20. The number of aromatic nitrogens is 4. The van der Waals surface area contributed by atoms with Crippen molar-refractivity contribution in [3.05, 3.63) is 63.9 Å². The molecule has 8 nitrogen and oxygen atoms in total. The van der Waals surface area contributed by atoms with Gasteiger partial charge in [0.15, 0.2) is 0 Å². The number of benzene rings is 1. The molecule has 9 heteroatoms. The summed E-state index contributed by atoms with van der Waals surface area (Å²) < 4.78 is 7.35. The number of anilines is 1. The number of rotatable bonds is 6. The molecule has 0 radical (unpaired) electrons. The topological polar surface area (TPSA) is 99.0 Å². The molecule has 0 aliphatic heterocycles. The molecule has 0 unspecified atom stereocenters. The van der Waals surface area contributed by atoms with E-state index in [1.54, 1.807) is 24.3 Å². The normalized spacial score (nSPS) is 10.6. The van der Waals surface area contributed by atoms with Crippen molar-refractivity contribution in [2.45, 2.75) is 13.5 Å². The molecule has 0 saturated carbocycles. The minimum absolute atomic E-state index is 0.277. The van der Waals surface area contributed by atoms with Crippen LogP contribution in [0.15, 0.2) is 52.6 Å². The predicted molar refractivity (Wildman–Crippen MR) is 105 cm³/mol. The summed E-state index contributed by atoms with van der Waals surface area (Å²) in [6.45, 7) is 5.84. The smallest absolute Gasteiger partial charge is 0.275 e. The number of carbonyl (C=O) groups excluding carboxylic acids is 1. The molecule has 0 aliphatic rings. The number of nitrogens with zero attached hydrogens (tertiary/aromatic N) is 4. The van der Waals surface area contributed by atoms with Gasteiger partial charge in [-0.25, -0.2) is 14.6 Å². The van der Waals surface area contributed by atoms with Gasteiger partial charge >= 0.3 is 0 Å². The highest BCUT2D eigenvalue weighted by Crippen LogP contribution is 2.24. The highest BCUT2D eigenvalue weighted by molar-refractivity contribution is 9.10. The Morgan fingerprint density at radius 2 is 2.15 bits per heavy atom. The molecular formula is C18H16BrN5O3. The van der Waals surface area contributed by atoms with Gasteiger partial charge in [-0.1, -0.05) is 22.5 Å². The molecule has 2 heterocycles. The first-order chi connectivity index (χ1) is 13.0. The Morgan fingerprint density at radius 1 is 1.33 bits per heavy atom. The molecule has 1 N–H and O–H groups in total. The average Bonchev–Trinajstić information content (AvgIpc) is 2.65. The number of carbonyl (C=O) groups is 1. The van der Waals surface area contributed by atoms with Crippen LogP contribution in [0.4, 0.5) is 5.82 Å². The van der Waals surface area contributed by atoms with Crippen LogP contribution in [0, 0.1) is 0 Å².